The fourth-order valence-corrected chi connectivity index (χ4v) is 3.94. The third-order valence-corrected chi connectivity index (χ3v) is 5.91. The number of nitrogens with one attached hydrogen (secondary N) is 1. The Balaban J connectivity index is 1.74. The van der Waals surface area contributed by atoms with Crippen molar-refractivity contribution in [1.82, 2.24) is 10.2 Å². The Morgan fingerprint density at radius 1 is 1.03 bits per heavy atom. The zero-order valence-corrected chi connectivity index (χ0v) is 18.0. The topological polar surface area (TPSA) is 49.4 Å². The molecule has 30 heavy (non-hydrogen) atoms. The minimum Gasteiger partial charge on any atom is -0.352 e. The minimum atomic E-state index is -0.628. The SMILES string of the molecule is C[C@H](C(=O)NC1CCCCC1)N(Cc1ccc(F)cc1)C(=O)Cc1ccc(Cl)cc1. The lowest BCUT2D eigenvalue weighted by atomic mass is 9.95. The highest BCUT2D eigenvalue weighted by Gasteiger charge is 2.28. The van der Waals surface area contributed by atoms with Gasteiger partial charge >= 0.3 is 0 Å². The van der Waals surface area contributed by atoms with Crippen LogP contribution in [0.1, 0.15) is 50.2 Å². The molecule has 1 aliphatic carbocycles. The van der Waals surface area contributed by atoms with Crippen LogP contribution in [0.4, 0.5) is 4.39 Å². The fraction of sp³-hybridized carbons (Fsp3) is 0.417. The molecule has 1 saturated carbocycles. The van der Waals surface area contributed by atoms with E-state index < -0.39 is 6.04 Å². The molecule has 0 aliphatic heterocycles. The predicted octanol–water partition coefficient (Wildman–Crippen LogP) is 4.89. The molecule has 2 aromatic carbocycles. The van der Waals surface area contributed by atoms with E-state index >= 15 is 0 Å². The van der Waals surface area contributed by atoms with Crippen molar-refractivity contribution in [2.45, 2.75) is 64.1 Å². The van der Waals surface area contributed by atoms with Gasteiger partial charge in [-0.1, -0.05) is 55.1 Å². The summed E-state index contributed by atoms with van der Waals surface area (Å²) in [6.07, 6.45) is 5.57. The Labute approximate surface area is 182 Å². The molecule has 2 aromatic rings. The van der Waals surface area contributed by atoms with Crippen LogP contribution in [0.3, 0.4) is 0 Å². The molecular formula is C24H28ClFN2O2. The first-order valence-electron chi connectivity index (χ1n) is 10.5. The maximum absolute atomic E-state index is 13.3. The Morgan fingerprint density at radius 3 is 2.27 bits per heavy atom. The molecule has 6 heteroatoms. The highest BCUT2D eigenvalue weighted by Crippen LogP contribution is 2.19. The van der Waals surface area contributed by atoms with E-state index in [0.717, 1.165) is 36.8 Å². The van der Waals surface area contributed by atoms with Crippen LogP contribution in [0, 0.1) is 5.82 Å². The second kappa shape index (κ2) is 10.6. The third kappa shape index (κ3) is 6.30. The number of carbonyl (C=O) groups is 2. The van der Waals surface area contributed by atoms with E-state index in [-0.39, 0.29) is 36.6 Å². The smallest absolute Gasteiger partial charge is 0.242 e. The minimum absolute atomic E-state index is 0.145. The van der Waals surface area contributed by atoms with Gasteiger partial charge in [0.25, 0.3) is 0 Å². The van der Waals surface area contributed by atoms with E-state index in [2.05, 4.69) is 5.32 Å². The van der Waals surface area contributed by atoms with Gasteiger partial charge in [0, 0.05) is 17.6 Å². The lowest BCUT2D eigenvalue weighted by Gasteiger charge is -2.31. The number of amides is 2. The first kappa shape index (κ1) is 22.3. The quantitative estimate of drug-likeness (QED) is 0.680. The summed E-state index contributed by atoms with van der Waals surface area (Å²) in [4.78, 5) is 27.6. The summed E-state index contributed by atoms with van der Waals surface area (Å²) in [6, 6.07) is 12.7. The highest BCUT2D eigenvalue weighted by atomic mass is 35.5. The van der Waals surface area contributed by atoms with Crippen LogP contribution in [0.25, 0.3) is 0 Å². The van der Waals surface area contributed by atoms with E-state index in [1.807, 2.05) is 12.1 Å². The number of benzene rings is 2. The van der Waals surface area contributed by atoms with Crippen LogP contribution >= 0.6 is 11.6 Å². The summed E-state index contributed by atoms with van der Waals surface area (Å²) in [5.74, 6) is -0.637. The van der Waals surface area contributed by atoms with E-state index in [0.29, 0.717) is 5.02 Å². The molecule has 160 valence electrons. The Kier molecular flexibility index (Phi) is 7.86. The molecule has 0 aromatic heterocycles. The van der Waals surface area contributed by atoms with Gasteiger partial charge in [-0.05, 0) is 55.2 Å². The molecule has 2 amide bonds. The molecule has 0 radical (unpaired) electrons. The van der Waals surface area contributed by atoms with Crippen molar-refractivity contribution < 1.29 is 14.0 Å². The monoisotopic (exact) mass is 430 g/mol. The predicted molar refractivity (Wildman–Crippen MR) is 117 cm³/mol. The fourth-order valence-electron chi connectivity index (χ4n) is 3.82. The third-order valence-electron chi connectivity index (χ3n) is 5.65. The number of hydrogen-bond acceptors (Lipinski definition) is 2. The molecule has 0 saturated heterocycles. The van der Waals surface area contributed by atoms with Gasteiger partial charge in [-0.15, -0.1) is 0 Å². The van der Waals surface area contributed by atoms with Crippen molar-refractivity contribution in [2.24, 2.45) is 0 Å². The van der Waals surface area contributed by atoms with Gasteiger partial charge in [-0.2, -0.15) is 0 Å². The molecule has 3 rings (SSSR count). The zero-order chi connectivity index (χ0) is 21.5. The molecule has 1 atom stereocenters. The van der Waals surface area contributed by atoms with E-state index in [1.165, 1.54) is 18.6 Å². The van der Waals surface area contributed by atoms with Crippen LogP contribution < -0.4 is 5.32 Å². The summed E-state index contributed by atoms with van der Waals surface area (Å²) in [5.41, 5.74) is 1.60. The van der Waals surface area contributed by atoms with E-state index in [4.69, 9.17) is 11.6 Å². The van der Waals surface area contributed by atoms with Gasteiger partial charge in [-0.25, -0.2) is 4.39 Å². The molecule has 0 spiro atoms. The van der Waals surface area contributed by atoms with E-state index in [9.17, 15) is 14.0 Å². The Hall–Kier alpha value is -2.40. The van der Waals surface area contributed by atoms with Gasteiger partial charge in [0.15, 0.2) is 0 Å². The number of carbonyl (C=O) groups excluding carboxylic acids is 2. The number of rotatable bonds is 7. The lowest BCUT2D eigenvalue weighted by molar-refractivity contribution is -0.140. The van der Waals surface area contributed by atoms with Gasteiger partial charge in [0.1, 0.15) is 11.9 Å². The lowest BCUT2D eigenvalue weighted by Crippen LogP contribution is -2.50. The van der Waals surface area contributed by atoms with Crippen LogP contribution in [0.15, 0.2) is 48.5 Å². The van der Waals surface area contributed by atoms with Crippen LogP contribution in [0.5, 0.6) is 0 Å². The largest absolute Gasteiger partial charge is 0.352 e. The normalized spacial score (nSPS) is 15.4. The summed E-state index contributed by atoms with van der Waals surface area (Å²) >= 11 is 5.94. The standard InChI is InChI=1S/C24H28ClFN2O2/c1-17(24(30)27-22-5-3-2-4-6-22)28(16-19-9-13-21(26)14-10-19)23(29)15-18-7-11-20(25)12-8-18/h7-14,17,22H,2-6,15-16H2,1H3,(H,27,30)/t17-/m1/s1. The number of nitrogens with zero attached hydrogens (tertiary/aromatic N) is 1. The molecule has 1 N–H and O–H groups in total. The Bertz CT molecular complexity index is 849. The summed E-state index contributed by atoms with van der Waals surface area (Å²) in [7, 11) is 0. The molecule has 0 unspecified atom stereocenters. The van der Waals surface area contributed by atoms with Crippen LogP contribution in [-0.4, -0.2) is 28.8 Å². The second-order valence-corrected chi connectivity index (χ2v) is 8.41. The molecule has 1 aliphatic rings. The van der Waals surface area contributed by atoms with Crippen molar-refractivity contribution >= 4 is 23.4 Å². The van der Waals surface area contributed by atoms with Crippen molar-refractivity contribution in [1.29, 1.82) is 0 Å². The average Bonchev–Trinajstić information content (AvgIpc) is 2.75. The second-order valence-electron chi connectivity index (χ2n) is 7.97. The van der Waals surface area contributed by atoms with Crippen LogP contribution in [-0.2, 0) is 22.6 Å². The van der Waals surface area contributed by atoms with Crippen molar-refractivity contribution in [3.05, 3.63) is 70.5 Å². The Morgan fingerprint density at radius 2 is 1.63 bits per heavy atom. The maximum atomic E-state index is 13.3. The maximum Gasteiger partial charge on any atom is 0.242 e. The highest BCUT2D eigenvalue weighted by molar-refractivity contribution is 6.30. The zero-order valence-electron chi connectivity index (χ0n) is 17.2. The molecule has 0 bridgehead atoms. The summed E-state index contributed by atoms with van der Waals surface area (Å²) in [6.45, 7) is 1.99. The van der Waals surface area contributed by atoms with Gasteiger partial charge in [0.2, 0.25) is 11.8 Å². The van der Waals surface area contributed by atoms with Crippen molar-refractivity contribution in [2.75, 3.05) is 0 Å². The molecule has 1 fully saturated rings. The molecule has 4 nitrogen and oxygen atoms in total. The van der Waals surface area contributed by atoms with Crippen LogP contribution in [0.2, 0.25) is 5.02 Å². The molecule has 0 heterocycles. The average molecular weight is 431 g/mol. The van der Waals surface area contributed by atoms with Crippen molar-refractivity contribution in [3.8, 4) is 0 Å². The number of hydrogen-bond donors (Lipinski definition) is 1. The van der Waals surface area contributed by atoms with E-state index in [1.54, 1.807) is 36.1 Å². The van der Waals surface area contributed by atoms with Crippen molar-refractivity contribution in [3.63, 3.8) is 0 Å². The number of halogens is 2. The summed E-state index contributed by atoms with van der Waals surface area (Å²) in [5, 5.41) is 3.72. The molecular weight excluding hydrogens is 403 g/mol. The summed E-state index contributed by atoms with van der Waals surface area (Å²) < 4.78 is 13.3. The van der Waals surface area contributed by atoms with Gasteiger partial charge in [-0.3, -0.25) is 9.59 Å². The van der Waals surface area contributed by atoms with Gasteiger partial charge < -0.3 is 10.2 Å². The first-order chi connectivity index (χ1) is 14.4. The van der Waals surface area contributed by atoms with Gasteiger partial charge in [0.05, 0.1) is 6.42 Å². The first-order valence-corrected chi connectivity index (χ1v) is 10.9.